The van der Waals surface area contributed by atoms with Crippen molar-refractivity contribution in [2.45, 2.75) is 50.2 Å². The number of esters is 1. The number of hydrogen-bond acceptors (Lipinski definition) is 6. The summed E-state index contributed by atoms with van der Waals surface area (Å²) >= 11 is 1.38. The lowest BCUT2D eigenvalue weighted by Crippen LogP contribution is -2.28. The summed E-state index contributed by atoms with van der Waals surface area (Å²) in [4.78, 5) is 32.5. The summed E-state index contributed by atoms with van der Waals surface area (Å²) in [6, 6.07) is 17.7. The fourth-order valence-electron chi connectivity index (χ4n) is 4.72. The number of halogens is 1. The Kier molecular flexibility index (Phi) is 7.36. The lowest BCUT2D eigenvalue weighted by atomic mass is 10.1. The van der Waals surface area contributed by atoms with E-state index in [9.17, 15) is 14.0 Å². The van der Waals surface area contributed by atoms with Crippen molar-refractivity contribution >= 4 is 40.4 Å². The summed E-state index contributed by atoms with van der Waals surface area (Å²) in [5.41, 5.74) is 3.92. The second-order valence-electron chi connectivity index (χ2n) is 10.4. The van der Waals surface area contributed by atoms with E-state index in [1.54, 1.807) is 29.9 Å². The fraction of sp³-hybridized carbons (Fsp3) is 0.300. The number of fused-ring (bicyclic) bond motifs is 2. The van der Waals surface area contributed by atoms with Crippen LogP contribution in [0, 0.1) is 5.82 Å². The Hall–Kier alpha value is -3.85. The molecule has 39 heavy (non-hydrogen) atoms. The summed E-state index contributed by atoms with van der Waals surface area (Å²) in [6.07, 6.45) is 0.829. The van der Waals surface area contributed by atoms with Crippen molar-refractivity contribution in [2.75, 3.05) is 18.6 Å². The Morgan fingerprint density at radius 2 is 1.87 bits per heavy atom. The minimum atomic E-state index is -0.636. The Labute approximate surface area is 230 Å². The first-order valence-corrected chi connectivity index (χ1v) is 13.7. The zero-order valence-corrected chi connectivity index (χ0v) is 23.2. The number of methoxy groups -OCH3 is 1. The van der Waals surface area contributed by atoms with Crippen LogP contribution < -0.4 is 9.64 Å². The minimum absolute atomic E-state index is 0.0637. The molecule has 1 aliphatic heterocycles. The number of ether oxygens (including phenoxy) is 2. The minimum Gasteiger partial charge on any atom is -0.496 e. The van der Waals surface area contributed by atoms with Gasteiger partial charge in [-0.05, 0) is 69.2 Å². The van der Waals surface area contributed by atoms with E-state index < -0.39 is 17.4 Å². The molecule has 0 fully saturated rings. The maximum Gasteiger partial charge on any atom is 0.326 e. The number of amides is 1. The molecule has 7 nitrogen and oxygen atoms in total. The molecule has 1 amide bonds. The smallest absolute Gasteiger partial charge is 0.326 e. The van der Waals surface area contributed by atoms with E-state index in [-0.39, 0.29) is 12.5 Å². The lowest BCUT2D eigenvalue weighted by molar-refractivity contribution is -0.155. The van der Waals surface area contributed by atoms with Gasteiger partial charge in [-0.1, -0.05) is 30.0 Å². The molecule has 3 aromatic carbocycles. The van der Waals surface area contributed by atoms with Crippen molar-refractivity contribution in [3.8, 4) is 5.75 Å². The largest absolute Gasteiger partial charge is 0.496 e. The monoisotopic (exact) mass is 547 g/mol. The van der Waals surface area contributed by atoms with Gasteiger partial charge in [0.1, 0.15) is 23.7 Å². The zero-order valence-electron chi connectivity index (χ0n) is 22.4. The summed E-state index contributed by atoms with van der Waals surface area (Å²) in [7, 11) is 1.59. The summed E-state index contributed by atoms with van der Waals surface area (Å²) in [5, 5.41) is 0.536. The molecule has 0 atom stereocenters. The average Bonchev–Trinajstić information content (AvgIpc) is 3.47. The molecule has 0 saturated heterocycles. The predicted octanol–water partition coefficient (Wildman–Crippen LogP) is 6.02. The molecule has 0 bridgehead atoms. The molecule has 9 heteroatoms. The van der Waals surface area contributed by atoms with Crippen LogP contribution in [0.4, 0.5) is 10.1 Å². The summed E-state index contributed by atoms with van der Waals surface area (Å²) in [6.45, 7) is 6.00. The molecule has 1 aromatic heterocycles. The second kappa shape index (κ2) is 10.7. The van der Waals surface area contributed by atoms with Gasteiger partial charge in [-0.3, -0.25) is 9.59 Å². The van der Waals surface area contributed by atoms with Gasteiger partial charge < -0.3 is 18.9 Å². The van der Waals surface area contributed by atoms with E-state index in [1.165, 1.54) is 23.9 Å². The molecule has 0 N–H and O–H groups in total. The number of hydrogen-bond donors (Lipinski definition) is 0. The number of carbonyl (C=O) groups excluding carboxylic acids is 2. The van der Waals surface area contributed by atoms with Crippen molar-refractivity contribution in [1.82, 2.24) is 9.55 Å². The molecule has 5 rings (SSSR count). The highest BCUT2D eigenvalue weighted by atomic mass is 32.2. The molecule has 2 heterocycles. The van der Waals surface area contributed by atoms with Crippen LogP contribution in [0.5, 0.6) is 5.75 Å². The maximum atomic E-state index is 14.0. The van der Waals surface area contributed by atoms with Crippen molar-refractivity contribution in [3.63, 3.8) is 0 Å². The summed E-state index contributed by atoms with van der Waals surface area (Å²) < 4.78 is 26.8. The average molecular weight is 548 g/mol. The third-order valence-corrected chi connectivity index (χ3v) is 7.42. The van der Waals surface area contributed by atoms with E-state index in [0.29, 0.717) is 39.8 Å². The summed E-state index contributed by atoms with van der Waals surface area (Å²) in [5.74, 6) is 0.172. The van der Waals surface area contributed by atoms with Crippen molar-refractivity contribution in [3.05, 3.63) is 83.2 Å². The highest BCUT2D eigenvalue weighted by molar-refractivity contribution is 7.98. The van der Waals surface area contributed by atoms with E-state index in [0.717, 1.165) is 23.2 Å². The zero-order chi connectivity index (χ0) is 27.7. The Balaban J connectivity index is 1.42. The van der Waals surface area contributed by atoms with E-state index >= 15 is 0 Å². The first-order valence-electron chi connectivity index (χ1n) is 12.7. The first-order chi connectivity index (χ1) is 18.6. The third kappa shape index (κ3) is 5.78. The van der Waals surface area contributed by atoms with Gasteiger partial charge in [-0.15, -0.1) is 0 Å². The topological polar surface area (TPSA) is 73.7 Å². The maximum absolute atomic E-state index is 14.0. The molecular weight excluding hydrogens is 517 g/mol. The molecule has 202 valence electrons. The van der Waals surface area contributed by atoms with Crippen LogP contribution in [-0.4, -0.2) is 40.7 Å². The van der Waals surface area contributed by atoms with Crippen LogP contribution in [-0.2, 0) is 28.2 Å². The van der Waals surface area contributed by atoms with Crippen molar-refractivity contribution in [1.29, 1.82) is 0 Å². The molecule has 1 aliphatic rings. The Morgan fingerprint density at radius 3 is 2.64 bits per heavy atom. The SMILES string of the molecule is COc1ccc(C(=O)N2CCc3ccccc32)cc1CSc1nc2cc(F)ccc2n1CC(=O)OC(C)(C)C. The van der Waals surface area contributed by atoms with Crippen LogP contribution in [0.2, 0.25) is 0 Å². The van der Waals surface area contributed by atoms with Crippen LogP contribution in [0.25, 0.3) is 11.0 Å². The van der Waals surface area contributed by atoms with Gasteiger partial charge in [0, 0.05) is 35.2 Å². The Bertz CT molecular complexity index is 1560. The molecule has 0 spiro atoms. The fourth-order valence-corrected chi connectivity index (χ4v) is 5.71. The molecule has 0 aliphatic carbocycles. The predicted molar refractivity (Wildman–Crippen MR) is 150 cm³/mol. The van der Waals surface area contributed by atoms with Crippen LogP contribution in [0.15, 0.2) is 65.8 Å². The standard InChI is InChI=1S/C30H30FN3O4S/c1-30(2,3)38-27(35)17-34-25-11-10-22(31)16-23(25)32-29(34)39-18-21-15-20(9-12-26(21)37-4)28(36)33-14-13-19-7-5-6-8-24(19)33/h5-12,15-16H,13-14,17-18H2,1-4H3. The molecule has 4 aromatic rings. The third-order valence-electron chi connectivity index (χ3n) is 6.40. The number of nitrogens with zero attached hydrogens (tertiary/aromatic N) is 3. The highest BCUT2D eigenvalue weighted by Crippen LogP contribution is 2.33. The highest BCUT2D eigenvalue weighted by Gasteiger charge is 2.26. The normalized spacial score (nSPS) is 13.0. The van der Waals surface area contributed by atoms with Gasteiger partial charge in [-0.25, -0.2) is 9.37 Å². The number of thioether (sulfide) groups is 1. The molecule has 0 saturated carbocycles. The van der Waals surface area contributed by atoms with Crippen LogP contribution in [0.3, 0.4) is 0 Å². The number of imidazole rings is 1. The second-order valence-corrected chi connectivity index (χ2v) is 11.3. The van der Waals surface area contributed by atoms with Gasteiger partial charge in [0.15, 0.2) is 5.16 Å². The number of rotatable bonds is 7. The van der Waals surface area contributed by atoms with Crippen LogP contribution >= 0.6 is 11.8 Å². The van der Waals surface area contributed by atoms with Gasteiger partial charge in [0.2, 0.25) is 0 Å². The van der Waals surface area contributed by atoms with E-state index in [2.05, 4.69) is 4.98 Å². The van der Waals surface area contributed by atoms with Gasteiger partial charge >= 0.3 is 5.97 Å². The van der Waals surface area contributed by atoms with Gasteiger partial charge in [-0.2, -0.15) is 0 Å². The Morgan fingerprint density at radius 1 is 1.08 bits per heavy atom. The van der Waals surface area contributed by atoms with E-state index in [1.807, 2.05) is 56.0 Å². The molecular formula is C30H30FN3O4S. The van der Waals surface area contributed by atoms with Crippen molar-refractivity contribution in [2.24, 2.45) is 0 Å². The van der Waals surface area contributed by atoms with Crippen LogP contribution in [0.1, 0.15) is 42.3 Å². The van der Waals surface area contributed by atoms with E-state index in [4.69, 9.17) is 9.47 Å². The number of anilines is 1. The van der Waals surface area contributed by atoms with Crippen molar-refractivity contribution < 1.29 is 23.5 Å². The molecule has 0 unspecified atom stereocenters. The first kappa shape index (κ1) is 26.7. The number of para-hydroxylation sites is 1. The lowest BCUT2D eigenvalue weighted by Gasteiger charge is -2.20. The molecule has 0 radical (unpaired) electrons. The van der Waals surface area contributed by atoms with Gasteiger partial charge in [0.05, 0.1) is 18.1 Å². The number of aromatic nitrogens is 2. The number of benzene rings is 3. The van der Waals surface area contributed by atoms with Gasteiger partial charge in [0.25, 0.3) is 5.91 Å². The number of carbonyl (C=O) groups is 2. The quantitative estimate of drug-likeness (QED) is 0.208.